The second kappa shape index (κ2) is 3.65. The van der Waals surface area contributed by atoms with Gasteiger partial charge in [0.05, 0.1) is 5.69 Å². The maximum absolute atomic E-state index is 12.2. The Bertz CT molecular complexity index is 540. The van der Waals surface area contributed by atoms with Crippen LogP contribution in [0, 0.1) is 0 Å². The molecular weight excluding hydrogens is 232 g/mol. The lowest BCUT2D eigenvalue weighted by molar-refractivity contribution is -0.385. The first-order valence-electron chi connectivity index (χ1n) is 6.67. The predicted octanol–water partition coefficient (Wildman–Crippen LogP) is 1.92. The zero-order valence-corrected chi connectivity index (χ0v) is 10.3. The Balaban J connectivity index is 1.79. The highest BCUT2D eigenvalue weighted by Crippen LogP contribution is 2.47. The highest BCUT2D eigenvalue weighted by molar-refractivity contribution is 5.31. The molecule has 96 valence electrons. The number of aromatic nitrogens is 2. The Morgan fingerprint density at radius 1 is 1.17 bits per heavy atom. The molecular formula is C13H16N2O3. The van der Waals surface area contributed by atoms with Gasteiger partial charge in [-0.25, -0.2) is 4.98 Å². The van der Waals surface area contributed by atoms with Crippen LogP contribution in [0.3, 0.4) is 0 Å². The second-order valence-electron chi connectivity index (χ2n) is 5.47. The van der Waals surface area contributed by atoms with E-state index in [1.807, 2.05) is 6.92 Å². The van der Waals surface area contributed by atoms with Gasteiger partial charge in [-0.15, -0.1) is 0 Å². The molecule has 0 radical (unpaired) electrons. The molecule has 0 unspecified atom stereocenters. The standard InChI is InChI=1S/C13H16N2O3/c1-6-17-13(18-6)11-14-10-8-4-2-7(3-5-8)9(10)12(16)15-11/h6-8,13H,2-5H2,1H3,(H,14,15,16). The van der Waals surface area contributed by atoms with Crippen LogP contribution in [0.25, 0.3) is 0 Å². The van der Waals surface area contributed by atoms with Crippen LogP contribution in [0.2, 0.25) is 0 Å². The fraction of sp³-hybridized carbons (Fsp3) is 0.692. The van der Waals surface area contributed by atoms with Crippen LogP contribution in [0.1, 0.15) is 67.8 Å². The van der Waals surface area contributed by atoms with E-state index in [-0.39, 0.29) is 11.8 Å². The highest BCUT2D eigenvalue weighted by Gasteiger charge is 2.38. The molecule has 0 atom stereocenters. The lowest BCUT2D eigenvalue weighted by Gasteiger charge is -2.38. The van der Waals surface area contributed by atoms with E-state index in [4.69, 9.17) is 9.47 Å². The summed E-state index contributed by atoms with van der Waals surface area (Å²) in [6.45, 7) is 1.83. The Morgan fingerprint density at radius 3 is 2.50 bits per heavy atom. The van der Waals surface area contributed by atoms with Crippen molar-refractivity contribution >= 4 is 0 Å². The van der Waals surface area contributed by atoms with E-state index < -0.39 is 6.29 Å². The highest BCUT2D eigenvalue weighted by atomic mass is 16.9. The minimum atomic E-state index is -0.488. The van der Waals surface area contributed by atoms with Crippen LogP contribution in [-0.4, -0.2) is 16.3 Å². The van der Waals surface area contributed by atoms with Crippen LogP contribution in [0.15, 0.2) is 4.79 Å². The Kier molecular flexibility index (Phi) is 2.17. The SMILES string of the molecule is CC1OC(c2nc3c(c(=O)[nH]2)C2CCC3CC2)O1. The van der Waals surface area contributed by atoms with Crippen LogP contribution in [0.4, 0.5) is 0 Å². The summed E-state index contributed by atoms with van der Waals surface area (Å²) in [5.41, 5.74) is 1.94. The third kappa shape index (κ3) is 1.40. The van der Waals surface area contributed by atoms with Crippen LogP contribution < -0.4 is 5.56 Å². The molecule has 2 bridgehead atoms. The van der Waals surface area contributed by atoms with Gasteiger partial charge in [0, 0.05) is 11.5 Å². The van der Waals surface area contributed by atoms with Crippen LogP contribution in [0.5, 0.6) is 0 Å². The summed E-state index contributed by atoms with van der Waals surface area (Å²) in [4.78, 5) is 19.6. The molecule has 0 amide bonds. The first-order valence-corrected chi connectivity index (χ1v) is 6.67. The largest absolute Gasteiger partial charge is 0.316 e. The van der Waals surface area contributed by atoms with E-state index >= 15 is 0 Å². The average molecular weight is 248 g/mol. The first-order chi connectivity index (χ1) is 8.72. The van der Waals surface area contributed by atoms with Crippen molar-refractivity contribution in [1.29, 1.82) is 0 Å². The quantitative estimate of drug-likeness (QED) is 0.824. The molecule has 1 aromatic rings. The van der Waals surface area contributed by atoms with Gasteiger partial charge in [0.2, 0.25) is 6.29 Å². The topological polar surface area (TPSA) is 64.2 Å². The maximum atomic E-state index is 12.2. The van der Waals surface area contributed by atoms with Gasteiger partial charge in [-0.3, -0.25) is 4.79 Å². The van der Waals surface area contributed by atoms with E-state index in [0.717, 1.165) is 36.9 Å². The van der Waals surface area contributed by atoms with Gasteiger partial charge in [0.1, 0.15) is 0 Å². The molecule has 1 saturated carbocycles. The van der Waals surface area contributed by atoms with Gasteiger partial charge in [0.15, 0.2) is 12.1 Å². The molecule has 5 nitrogen and oxygen atoms in total. The number of hydrogen-bond acceptors (Lipinski definition) is 4. The van der Waals surface area contributed by atoms with E-state index in [1.165, 1.54) is 0 Å². The van der Waals surface area contributed by atoms with E-state index in [9.17, 15) is 4.79 Å². The number of nitrogens with one attached hydrogen (secondary N) is 1. The zero-order valence-electron chi connectivity index (χ0n) is 10.3. The minimum Gasteiger partial charge on any atom is -0.316 e. The number of fused-ring (bicyclic) bond motifs is 2. The first kappa shape index (κ1) is 10.7. The van der Waals surface area contributed by atoms with Crippen molar-refractivity contribution in [3.63, 3.8) is 0 Å². The van der Waals surface area contributed by atoms with Crippen LogP contribution >= 0.6 is 0 Å². The van der Waals surface area contributed by atoms with Crippen molar-refractivity contribution in [1.82, 2.24) is 9.97 Å². The molecule has 5 heteroatoms. The summed E-state index contributed by atoms with van der Waals surface area (Å²) in [7, 11) is 0. The summed E-state index contributed by atoms with van der Waals surface area (Å²) < 4.78 is 10.8. The molecule has 5 rings (SSSR count). The van der Waals surface area contributed by atoms with E-state index in [2.05, 4.69) is 9.97 Å². The lowest BCUT2D eigenvalue weighted by Crippen LogP contribution is -2.37. The summed E-state index contributed by atoms with van der Waals surface area (Å²) in [6, 6.07) is 0. The molecule has 1 aliphatic heterocycles. The van der Waals surface area contributed by atoms with Crippen molar-refractivity contribution in [3.05, 3.63) is 27.4 Å². The fourth-order valence-electron chi connectivity index (χ4n) is 3.48. The number of rotatable bonds is 1. The molecule has 18 heavy (non-hydrogen) atoms. The van der Waals surface area contributed by atoms with Crippen molar-refractivity contribution in [2.24, 2.45) is 0 Å². The average Bonchev–Trinajstić information content (AvgIpc) is 2.36. The maximum Gasteiger partial charge on any atom is 0.254 e. The van der Waals surface area contributed by atoms with Gasteiger partial charge in [-0.2, -0.15) is 0 Å². The van der Waals surface area contributed by atoms with E-state index in [1.54, 1.807) is 0 Å². The number of hydrogen-bond donors (Lipinski definition) is 1. The summed E-state index contributed by atoms with van der Waals surface area (Å²) in [5.74, 6) is 1.41. The van der Waals surface area contributed by atoms with Crippen molar-refractivity contribution in [2.45, 2.75) is 57.0 Å². The summed E-state index contributed by atoms with van der Waals surface area (Å²) in [5, 5.41) is 0. The molecule has 1 saturated heterocycles. The summed E-state index contributed by atoms with van der Waals surface area (Å²) in [6.07, 6.45) is 3.91. The normalized spacial score (nSPS) is 37.2. The number of nitrogens with zero attached hydrogens (tertiary/aromatic N) is 1. The Hall–Kier alpha value is -1.20. The number of aromatic amines is 1. The second-order valence-corrected chi connectivity index (χ2v) is 5.47. The van der Waals surface area contributed by atoms with Crippen LogP contribution in [-0.2, 0) is 9.47 Å². The van der Waals surface area contributed by atoms with Gasteiger partial charge < -0.3 is 14.5 Å². The molecule has 2 heterocycles. The molecule has 4 aliphatic rings. The summed E-state index contributed by atoms with van der Waals surface area (Å²) >= 11 is 0. The Morgan fingerprint density at radius 2 is 1.83 bits per heavy atom. The monoisotopic (exact) mass is 248 g/mol. The van der Waals surface area contributed by atoms with Gasteiger partial charge in [0.25, 0.3) is 5.56 Å². The van der Waals surface area contributed by atoms with Crippen molar-refractivity contribution < 1.29 is 9.47 Å². The van der Waals surface area contributed by atoms with Gasteiger partial charge in [-0.1, -0.05) is 0 Å². The molecule has 1 N–H and O–H groups in total. The Labute approximate surface area is 105 Å². The molecule has 0 aromatic carbocycles. The molecule has 0 spiro atoms. The van der Waals surface area contributed by atoms with Crippen molar-refractivity contribution in [2.75, 3.05) is 0 Å². The fourth-order valence-corrected chi connectivity index (χ4v) is 3.48. The lowest BCUT2D eigenvalue weighted by atomic mass is 9.69. The van der Waals surface area contributed by atoms with Gasteiger partial charge in [-0.05, 0) is 38.5 Å². The van der Waals surface area contributed by atoms with Crippen molar-refractivity contribution in [3.8, 4) is 0 Å². The predicted molar refractivity (Wildman–Crippen MR) is 63.2 cm³/mol. The molecule has 2 fully saturated rings. The molecule has 1 aromatic heterocycles. The smallest absolute Gasteiger partial charge is 0.254 e. The van der Waals surface area contributed by atoms with Gasteiger partial charge >= 0.3 is 0 Å². The zero-order chi connectivity index (χ0) is 12.3. The van der Waals surface area contributed by atoms with E-state index in [0.29, 0.717) is 17.7 Å². The number of H-pyrrole nitrogens is 1. The minimum absolute atomic E-state index is 0.0103. The molecule has 3 aliphatic carbocycles. The third-order valence-electron chi connectivity index (χ3n) is 4.38. The number of ether oxygens (including phenoxy) is 2. The third-order valence-corrected chi connectivity index (χ3v) is 4.38.